The molecule has 23 heavy (non-hydrogen) atoms. The highest BCUT2D eigenvalue weighted by molar-refractivity contribution is 8.77. The Kier molecular flexibility index (Phi) is 13.2. The van der Waals surface area contributed by atoms with E-state index in [1.165, 1.54) is 0 Å². The van der Waals surface area contributed by atoms with Gasteiger partial charge in [-0.2, -0.15) is 0 Å². The van der Waals surface area contributed by atoms with Crippen LogP contribution in [-0.2, 0) is 29.5 Å². The monoisotopic (exact) mass is 422 g/mol. The first-order chi connectivity index (χ1) is 10.7. The number of thiol groups is 1. The fraction of sp³-hybridized carbons (Fsp3) is 1.00. The lowest BCUT2D eigenvalue weighted by Crippen LogP contribution is -2.26. The quantitative estimate of drug-likeness (QED) is 0.270. The van der Waals surface area contributed by atoms with Gasteiger partial charge < -0.3 is 22.6 Å². The third-order valence-electron chi connectivity index (χ3n) is 4.07. The van der Waals surface area contributed by atoms with Crippen molar-refractivity contribution >= 4 is 46.4 Å². The van der Waals surface area contributed by atoms with Crippen LogP contribution in [0.4, 0.5) is 0 Å². The molecule has 0 spiro atoms. The van der Waals surface area contributed by atoms with Gasteiger partial charge in [-0.1, -0.05) is 25.7 Å². The summed E-state index contributed by atoms with van der Waals surface area (Å²) in [4.78, 5) is 10.5. The molecule has 5 nitrogen and oxygen atoms in total. The van der Waals surface area contributed by atoms with Crippen molar-refractivity contribution in [2.75, 3.05) is 46.6 Å². The van der Waals surface area contributed by atoms with Gasteiger partial charge >= 0.3 is 18.6 Å². The summed E-state index contributed by atoms with van der Waals surface area (Å²) in [5, 5.41) is 0. The highest BCUT2D eigenvalue weighted by Crippen LogP contribution is 2.64. The van der Waals surface area contributed by atoms with Crippen molar-refractivity contribution < 1.29 is 22.6 Å². The molecule has 0 aliphatic rings. The molecular weight excluding hydrogens is 387 g/mol. The maximum absolute atomic E-state index is 10.5. The van der Waals surface area contributed by atoms with Crippen LogP contribution in [0.15, 0.2) is 0 Å². The smallest absolute Gasteiger partial charge is 0.323 e. The van der Waals surface area contributed by atoms with Crippen molar-refractivity contribution in [3.05, 3.63) is 0 Å². The zero-order valence-electron chi connectivity index (χ0n) is 15.5. The van der Waals surface area contributed by atoms with Crippen molar-refractivity contribution in [1.82, 2.24) is 0 Å². The molecule has 1 N–H and O–H groups in total. The Labute approximate surface area is 153 Å². The van der Waals surface area contributed by atoms with Crippen LogP contribution < -0.4 is 0 Å². The Morgan fingerprint density at radius 1 is 0.913 bits per heavy atom. The molecule has 142 valence electrons. The minimum absolute atomic E-state index is 0.425. The number of hydrogen-bond acceptors (Lipinski definition) is 5. The summed E-state index contributed by atoms with van der Waals surface area (Å²) in [6.07, 6.45) is 2.03. The van der Waals surface area contributed by atoms with Crippen LogP contribution in [0, 0.1) is 0 Å². The second-order valence-corrected chi connectivity index (χ2v) is 22.2. The van der Waals surface area contributed by atoms with E-state index in [0.29, 0.717) is 11.1 Å². The number of hydrogen-bond donors (Lipinski definition) is 2. The van der Waals surface area contributed by atoms with E-state index in [2.05, 4.69) is 13.8 Å². The van der Waals surface area contributed by atoms with Gasteiger partial charge in [-0.15, -0.1) is 0 Å². The first-order valence-electron chi connectivity index (χ1n) is 7.88. The van der Waals surface area contributed by atoms with Gasteiger partial charge in [0.15, 0.2) is 0 Å². The molecule has 0 aliphatic carbocycles. The summed E-state index contributed by atoms with van der Waals surface area (Å²) in [7, 11) is 3.17. The Morgan fingerprint density at radius 3 is 1.43 bits per heavy atom. The van der Waals surface area contributed by atoms with E-state index in [1.807, 2.05) is 6.66 Å². The molecule has 0 saturated carbocycles. The molecule has 10 heteroatoms. The van der Waals surface area contributed by atoms with E-state index in [1.54, 1.807) is 28.4 Å². The molecule has 0 bridgehead atoms. The van der Waals surface area contributed by atoms with Gasteiger partial charge in [0, 0.05) is 28.4 Å². The predicted octanol–water partition coefficient (Wildman–Crippen LogP) is 2.51. The van der Waals surface area contributed by atoms with Gasteiger partial charge in [-0.25, -0.2) is 10.5 Å². The van der Waals surface area contributed by atoms with Crippen LogP contribution in [0.25, 0.3) is 0 Å². The van der Waals surface area contributed by atoms with Crippen LogP contribution in [-0.4, -0.2) is 70.1 Å². The third-order valence-corrected chi connectivity index (χ3v) is 17.5. The van der Waals surface area contributed by atoms with Gasteiger partial charge in [-0.3, -0.25) is 0 Å². The first-order valence-corrected chi connectivity index (χ1v) is 16.7. The van der Waals surface area contributed by atoms with E-state index in [-0.39, 0.29) is 0 Å². The molecular formula is C13H35O5PS2Si2. The van der Waals surface area contributed by atoms with Gasteiger partial charge in [0.05, 0.1) is 5.47 Å². The summed E-state index contributed by atoms with van der Waals surface area (Å²) in [6, 6.07) is 0. The van der Waals surface area contributed by atoms with Crippen molar-refractivity contribution in [2.45, 2.75) is 37.8 Å². The average Bonchev–Trinajstić information content (AvgIpc) is 2.48. The van der Waals surface area contributed by atoms with Gasteiger partial charge in [0.2, 0.25) is 0 Å². The van der Waals surface area contributed by atoms with Crippen LogP contribution in [0.5, 0.6) is 0 Å². The highest BCUT2D eigenvalue weighted by Gasteiger charge is 2.26. The molecule has 3 atom stereocenters. The molecule has 3 unspecified atom stereocenters. The minimum atomic E-state index is -2.22. The minimum Gasteiger partial charge on any atom is -0.400 e. The number of rotatable bonds is 13. The summed E-state index contributed by atoms with van der Waals surface area (Å²) in [5.41, 5.74) is -1.37. The standard InChI is InChI=1S/C13H35O5PS2Si2/c1-12(22(15-3)16-4)8-10-21(19(7,14)20)11-9-13(2)23(17-5)18-6/h12-13,21-23H,8-11H2,1-7H3,(H,14,20). The SMILES string of the molecule is CO[SiH](OC)C(C)CC[SH](CCC(C)[SiH](OC)OC)P(C)(O)=S. The normalized spacial score (nSPS) is 19.7. The molecule has 0 radical (unpaired) electrons. The molecule has 0 aromatic carbocycles. The van der Waals surface area contributed by atoms with Gasteiger partial charge in [0.1, 0.15) is 0 Å². The Morgan fingerprint density at radius 2 is 1.22 bits per heavy atom. The van der Waals surface area contributed by atoms with Crippen LogP contribution >= 0.6 is 16.0 Å². The van der Waals surface area contributed by atoms with Gasteiger partial charge in [-0.05, 0) is 42.1 Å². The van der Waals surface area contributed by atoms with E-state index in [4.69, 9.17) is 29.5 Å². The summed E-state index contributed by atoms with van der Waals surface area (Å²) < 4.78 is 21.8. The Bertz CT molecular complexity index is 331. The van der Waals surface area contributed by atoms with Crippen LogP contribution in [0.3, 0.4) is 0 Å². The molecule has 0 aromatic rings. The second-order valence-electron chi connectivity index (χ2n) is 6.00. The fourth-order valence-corrected chi connectivity index (χ4v) is 13.0. The summed E-state index contributed by atoms with van der Waals surface area (Å²) in [6.45, 7) is 6.22. The van der Waals surface area contributed by atoms with E-state index in [0.717, 1.165) is 24.3 Å². The lowest BCUT2D eigenvalue weighted by Gasteiger charge is -2.31. The molecule has 0 aliphatic heterocycles. The highest BCUT2D eigenvalue weighted by atomic mass is 32.9. The molecule has 0 fully saturated rings. The zero-order chi connectivity index (χ0) is 18.0. The maximum atomic E-state index is 10.5. The summed E-state index contributed by atoms with van der Waals surface area (Å²) in [5.74, 6) is 1.99. The summed E-state index contributed by atoms with van der Waals surface area (Å²) >= 11 is 5.45. The zero-order valence-corrected chi connectivity index (χ0v) is 20.4. The average molecular weight is 423 g/mol. The van der Waals surface area contributed by atoms with E-state index < -0.39 is 34.5 Å². The second kappa shape index (κ2) is 12.6. The maximum Gasteiger partial charge on any atom is 0.323 e. The van der Waals surface area contributed by atoms with Crippen molar-refractivity contribution in [3.63, 3.8) is 0 Å². The van der Waals surface area contributed by atoms with Gasteiger partial charge in [0.25, 0.3) is 0 Å². The molecule has 0 rings (SSSR count). The third kappa shape index (κ3) is 9.48. The lowest BCUT2D eigenvalue weighted by molar-refractivity contribution is 0.266. The Hall–Kier alpha value is 1.23. The van der Waals surface area contributed by atoms with Crippen molar-refractivity contribution in [2.24, 2.45) is 0 Å². The fourth-order valence-electron chi connectivity index (χ4n) is 2.58. The topological polar surface area (TPSA) is 57.2 Å². The van der Waals surface area contributed by atoms with Crippen LogP contribution in [0.1, 0.15) is 26.7 Å². The molecule has 0 saturated heterocycles. The molecule has 0 aromatic heterocycles. The molecule has 0 amide bonds. The molecule has 0 heterocycles. The first kappa shape index (κ1) is 24.2. The van der Waals surface area contributed by atoms with E-state index in [9.17, 15) is 4.89 Å². The lowest BCUT2D eigenvalue weighted by atomic mass is 10.4. The largest absolute Gasteiger partial charge is 0.400 e. The van der Waals surface area contributed by atoms with E-state index >= 15 is 0 Å². The Balaban J connectivity index is 4.58. The predicted molar refractivity (Wildman–Crippen MR) is 112 cm³/mol. The van der Waals surface area contributed by atoms with Crippen LogP contribution in [0.2, 0.25) is 11.1 Å². The van der Waals surface area contributed by atoms with Crippen molar-refractivity contribution in [3.8, 4) is 0 Å². The van der Waals surface area contributed by atoms with Crippen molar-refractivity contribution in [1.29, 1.82) is 0 Å².